The molecule has 0 saturated heterocycles. The predicted molar refractivity (Wildman–Crippen MR) is 176 cm³/mol. The van der Waals surface area contributed by atoms with E-state index in [-0.39, 0.29) is 0 Å². The summed E-state index contributed by atoms with van der Waals surface area (Å²) in [6, 6.07) is 13.2. The molecule has 0 aromatic heterocycles. The molecule has 41 heavy (non-hydrogen) atoms. The average Bonchev–Trinajstić information content (AvgIpc) is 2.93. The molecule has 0 bridgehead atoms. The molecule has 3 nitrogen and oxygen atoms in total. The SMILES string of the molecule is C=Cc1c(C)cc(C)c2c3c(C)cc(C)c4c(=C)c5c(C#N)cc(C)c6c7c(C)cc(C#N)c(N)c7c(c12)c(c56)c43. The first-order chi connectivity index (χ1) is 19.6. The lowest BCUT2D eigenvalue weighted by molar-refractivity contribution is 1.41. The number of hydrogen-bond acceptors (Lipinski definition) is 3. The maximum atomic E-state index is 10.4. The molecule has 2 N–H and O–H groups in total. The molecule has 0 amide bonds. The molecule has 0 heterocycles. The molecule has 3 heteroatoms. The molecule has 0 atom stereocenters. The summed E-state index contributed by atoms with van der Waals surface area (Å²) in [7, 11) is 0. The van der Waals surface area contributed by atoms with E-state index in [1.807, 2.05) is 18.2 Å². The van der Waals surface area contributed by atoms with Gasteiger partial charge in [0.15, 0.2) is 0 Å². The van der Waals surface area contributed by atoms with Crippen molar-refractivity contribution in [2.24, 2.45) is 0 Å². The van der Waals surface area contributed by atoms with Crippen molar-refractivity contribution in [3.05, 3.63) is 86.1 Å². The number of nitrogens with zero attached hydrogens (tertiary/aromatic N) is 2. The monoisotopic (exact) mass is 527 g/mol. The molecule has 7 aromatic rings. The summed E-state index contributed by atoms with van der Waals surface area (Å²) in [5.74, 6) is 0. The van der Waals surface area contributed by atoms with Crippen molar-refractivity contribution >= 4 is 83.0 Å². The van der Waals surface area contributed by atoms with Crippen LogP contribution < -0.4 is 11.0 Å². The summed E-state index contributed by atoms with van der Waals surface area (Å²) in [6.45, 7) is 21.6. The first kappa shape index (κ1) is 24.9. The van der Waals surface area contributed by atoms with Gasteiger partial charge in [0.25, 0.3) is 0 Å². The maximum Gasteiger partial charge on any atom is 0.101 e. The van der Waals surface area contributed by atoms with Crippen molar-refractivity contribution < 1.29 is 0 Å². The van der Waals surface area contributed by atoms with E-state index in [4.69, 9.17) is 5.73 Å². The predicted octanol–water partition coefficient (Wildman–Crippen LogP) is 8.99. The van der Waals surface area contributed by atoms with Crippen molar-refractivity contribution in [1.29, 1.82) is 10.5 Å². The number of nitrogen functional groups attached to an aromatic ring is 1. The third-order valence-corrected chi connectivity index (χ3v) is 9.38. The Morgan fingerprint density at radius 1 is 0.537 bits per heavy atom. The van der Waals surface area contributed by atoms with Gasteiger partial charge in [-0.15, -0.1) is 0 Å². The highest BCUT2D eigenvalue weighted by atomic mass is 14.6. The van der Waals surface area contributed by atoms with E-state index in [1.165, 1.54) is 21.9 Å². The molecule has 0 spiro atoms. The summed E-state index contributed by atoms with van der Waals surface area (Å²) >= 11 is 0. The number of aryl methyl sites for hydroxylation is 6. The van der Waals surface area contributed by atoms with Gasteiger partial charge in [0, 0.05) is 26.9 Å². The van der Waals surface area contributed by atoms with Crippen LogP contribution in [0.2, 0.25) is 0 Å². The minimum atomic E-state index is 0.474. The quantitative estimate of drug-likeness (QED) is 0.131. The van der Waals surface area contributed by atoms with Gasteiger partial charge in [0.05, 0.1) is 22.9 Å². The van der Waals surface area contributed by atoms with Crippen molar-refractivity contribution in [1.82, 2.24) is 0 Å². The first-order valence-electron chi connectivity index (χ1n) is 13.8. The Balaban J connectivity index is 2.15. The fourth-order valence-corrected chi connectivity index (χ4v) is 7.97. The van der Waals surface area contributed by atoms with Crippen LogP contribution in [-0.4, -0.2) is 0 Å². The van der Waals surface area contributed by atoms with Crippen LogP contribution in [0.3, 0.4) is 0 Å². The van der Waals surface area contributed by atoms with Gasteiger partial charge >= 0.3 is 0 Å². The molecular formula is C38H29N3. The summed E-state index contributed by atoms with van der Waals surface area (Å²) in [6.07, 6.45) is 1.95. The lowest BCUT2D eigenvalue weighted by Crippen LogP contribution is -2.10. The zero-order chi connectivity index (χ0) is 29.2. The fourth-order valence-electron chi connectivity index (χ4n) is 7.97. The van der Waals surface area contributed by atoms with Crippen LogP contribution in [0.25, 0.3) is 77.3 Å². The number of nitriles is 2. The van der Waals surface area contributed by atoms with Crippen LogP contribution in [0.5, 0.6) is 0 Å². The molecular weight excluding hydrogens is 498 g/mol. The van der Waals surface area contributed by atoms with Gasteiger partial charge in [-0.1, -0.05) is 31.4 Å². The van der Waals surface area contributed by atoms with Crippen LogP contribution in [-0.2, 0) is 0 Å². The van der Waals surface area contributed by atoms with Crippen molar-refractivity contribution in [3.63, 3.8) is 0 Å². The Morgan fingerprint density at radius 3 is 1.54 bits per heavy atom. The third-order valence-electron chi connectivity index (χ3n) is 9.38. The van der Waals surface area contributed by atoms with Crippen LogP contribution in [0.4, 0.5) is 5.69 Å². The van der Waals surface area contributed by atoms with Gasteiger partial charge in [0.2, 0.25) is 0 Å². The smallest absolute Gasteiger partial charge is 0.101 e. The van der Waals surface area contributed by atoms with E-state index in [2.05, 4.69) is 79.0 Å². The number of hydrogen-bond donors (Lipinski definition) is 1. The summed E-state index contributed by atoms with van der Waals surface area (Å²) in [5, 5.41) is 34.2. The minimum absolute atomic E-state index is 0.474. The topological polar surface area (TPSA) is 73.6 Å². The molecule has 0 saturated carbocycles. The van der Waals surface area contributed by atoms with Crippen molar-refractivity contribution in [3.8, 4) is 12.1 Å². The second-order valence-electron chi connectivity index (χ2n) is 11.7. The Morgan fingerprint density at radius 2 is 0.951 bits per heavy atom. The molecule has 0 aliphatic rings. The lowest BCUT2D eigenvalue weighted by Gasteiger charge is -2.26. The number of fused-ring (bicyclic) bond motifs is 6. The molecule has 0 fully saturated rings. The maximum absolute atomic E-state index is 10.4. The minimum Gasteiger partial charge on any atom is -0.397 e. The molecule has 0 unspecified atom stereocenters. The van der Waals surface area contributed by atoms with E-state index in [0.717, 1.165) is 86.9 Å². The molecule has 0 radical (unpaired) electrons. The Kier molecular flexibility index (Phi) is 4.84. The van der Waals surface area contributed by atoms with Gasteiger partial charge in [0.1, 0.15) is 6.07 Å². The molecule has 0 aliphatic heterocycles. The van der Waals surface area contributed by atoms with Gasteiger partial charge < -0.3 is 5.73 Å². The standard InChI is InChI=1S/C38H29N3/c1-9-25-16(2)10-18(4)27-28-19(5)11-17(3)26-22(8)31-23(14-39)12-20(6)29-30-21(7)13-24(15-40)38(41)37(30)35(32(25)27)36(33(26)28)34(29)31/h9-13H,1,8,41H2,2-7H3. The van der Waals surface area contributed by atoms with Gasteiger partial charge in [-0.2, -0.15) is 10.5 Å². The van der Waals surface area contributed by atoms with E-state index in [0.29, 0.717) is 16.8 Å². The van der Waals surface area contributed by atoms with Gasteiger partial charge in [-0.05, 0) is 136 Å². The van der Waals surface area contributed by atoms with Crippen molar-refractivity contribution in [2.75, 3.05) is 5.73 Å². The Labute approximate surface area is 238 Å². The second-order valence-corrected chi connectivity index (χ2v) is 11.7. The molecule has 0 aliphatic carbocycles. The van der Waals surface area contributed by atoms with Crippen LogP contribution in [0.15, 0.2) is 30.8 Å². The lowest BCUT2D eigenvalue weighted by atomic mass is 9.76. The average molecular weight is 528 g/mol. The van der Waals surface area contributed by atoms with E-state index >= 15 is 0 Å². The first-order valence-corrected chi connectivity index (χ1v) is 13.8. The van der Waals surface area contributed by atoms with Crippen molar-refractivity contribution in [2.45, 2.75) is 41.5 Å². The molecule has 196 valence electrons. The highest BCUT2D eigenvalue weighted by Gasteiger charge is 2.28. The van der Waals surface area contributed by atoms with Crippen LogP contribution in [0.1, 0.15) is 50.1 Å². The highest BCUT2D eigenvalue weighted by Crippen LogP contribution is 2.52. The van der Waals surface area contributed by atoms with Crippen LogP contribution >= 0.6 is 0 Å². The van der Waals surface area contributed by atoms with Crippen LogP contribution in [0, 0.1) is 64.2 Å². The Bertz CT molecular complexity index is 2530. The normalized spacial score (nSPS) is 11.9. The van der Waals surface area contributed by atoms with Gasteiger partial charge in [-0.25, -0.2) is 0 Å². The number of nitrogens with two attached hydrogens (primary N) is 1. The molecule has 7 aromatic carbocycles. The number of rotatable bonds is 1. The zero-order valence-corrected chi connectivity index (χ0v) is 24.3. The second kappa shape index (κ2) is 7.97. The fraction of sp³-hybridized carbons (Fsp3) is 0.158. The largest absolute Gasteiger partial charge is 0.397 e. The van der Waals surface area contributed by atoms with E-state index in [1.54, 1.807) is 0 Å². The third kappa shape index (κ3) is 2.76. The highest BCUT2D eigenvalue weighted by molar-refractivity contribution is 6.47. The summed E-state index contributed by atoms with van der Waals surface area (Å²) in [5.41, 5.74) is 16.3. The summed E-state index contributed by atoms with van der Waals surface area (Å²) < 4.78 is 0. The molecule has 7 rings (SSSR count). The zero-order valence-electron chi connectivity index (χ0n) is 24.3. The number of anilines is 1. The van der Waals surface area contributed by atoms with E-state index < -0.39 is 0 Å². The summed E-state index contributed by atoms with van der Waals surface area (Å²) in [4.78, 5) is 0. The van der Waals surface area contributed by atoms with Gasteiger partial charge in [-0.3, -0.25) is 0 Å². The van der Waals surface area contributed by atoms with E-state index in [9.17, 15) is 10.5 Å². The Hall–Kier alpha value is -5.12. The number of benzene rings is 7.